The van der Waals surface area contributed by atoms with E-state index in [1.807, 2.05) is 13.8 Å². The number of hydrogen-bond acceptors (Lipinski definition) is 3. The molecule has 0 aliphatic rings. The summed E-state index contributed by atoms with van der Waals surface area (Å²) in [4.78, 5) is 14.7. The highest BCUT2D eigenvalue weighted by Gasteiger charge is 2.08. The van der Waals surface area contributed by atoms with Gasteiger partial charge in [-0.25, -0.2) is 4.39 Å². The van der Waals surface area contributed by atoms with Crippen LogP contribution < -0.4 is 0 Å². The fourth-order valence-corrected chi connectivity index (χ4v) is 0.761. The zero-order valence-corrected chi connectivity index (χ0v) is 10.1. The molecule has 0 amide bonds. The van der Waals surface area contributed by atoms with Crippen LogP contribution in [0, 0.1) is 0 Å². The van der Waals surface area contributed by atoms with E-state index >= 15 is 0 Å². The van der Waals surface area contributed by atoms with Crippen molar-refractivity contribution in [2.24, 2.45) is 4.99 Å². The molecule has 0 aromatic heterocycles. The number of carbonyl (C=O) groups excluding carboxylic acids is 1. The predicted octanol–water partition coefficient (Wildman–Crippen LogP) is 3.26. The van der Waals surface area contributed by atoms with Crippen molar-refractivity contribution in [3.63, 3.8) is 0 Å². The van der Waals surface area contributed by atoms with E-state index in [-0.39, 0.29) is 12.1 Å². The molecule has 0 saturated heterocycles. The third kappa shape index (κ3) is 9.12. The Hall–Kier alpha value is -1.19. The van der Waals surface area contributed by atoms with Gasteiger partial charge in [-0.2, -0.15) is 0 Å². The molecular weight excluding hydrogens is 197 g/mol. The third-order valence-corrected chi connectivity index (χ3v) is 1.30. The Morgan fingerprint density at radius 2 is 2.00 bits per heavy atom. The molecule has 0 aromatic rings. The minimum Gasteiger partial charge on any atom is -0.466 e. The van der Waals surface area contributed by atoms with Gasteiger partial charge < -0.3 is 4.74 Å². The quantitative estimate of drug-likeness (QED) is 0.535. The molecule has 15 heavy (non-hydrogen) atoms. The van der Waals surface area contributed by atoms with Gasteiger partial charge in [0, 0.05) is 6.21 Å². The maximum absolute atomic E-state index is 12.7. The van der Waals surface area contributed by atoms with Crippen LogP contribution in [-0.4, -0.2) is 18.8 Å². The van der Waals surface area contributed by atoms with E-state index < -0.39 is 11.8 Å². The van der Waals surface area contributed by atoms with Crippen molar-refractivity contribution in [1.29, 1.82) is 0 Å². The van der Waals surface area contributed by atoms with Crippen LogP contribution in [0.1, 0.15) is 41.0 Å². The number of nitrogens with zero attached hydrogens (tertiary/aromatic N) is 1. The second-order valence-electron chi connectivity index (χ2n) is 2.35. The first-order valence-corrected chi connectivity index (χ1v) is 5.11. The van der Waals surface area contributed by atoms with Crippen molar-refractivity contribution >= 4 is 12.2 Å². The lowest BCUT2D eigenvalue weighted by atomic mass is 10.3. The number of ether oxygens (including phenoxy) is 1. The number of carbonyl (C=O) groups is 1. The molecule has 0 unspecified atom stereocenters. The van der Waals surface area contributed by atoms with E-state index in [2.05, 4.69) is 9.73 Å². The summed E-state index contributed by atoms with van der Waals surface area (Å²) in [5.41, 5.74) is 0.126. The maximum Gasteiger partial charge on any atom is 0.311 e. The molecule has 0 aliphatic carbocycles. The molecule has 0 aromatic carbocycles. The van der Waals surface area contributed by atoms with Gasteiger partial charge in [0.1, 0.15) is 5.83 Å². The Morgan fingerprint density at radius 3 is 2.33 bits per heavy atom. The van der Waals surface area contributed by atoms with Crippen LogP contribution in [0.2, 0.25) is 0 Å². The molecule has 0 aliphatic heterocycles. The number of rotatable bonds is 4. The average molecular weight is 217 g/mol. The molecule has 0 radical (unpaired) electrons. The van der Waals surface area contributed by atoms with Crippen LogP contribution in [-0.2, 0) is 9.53 Å². The highest BCUT2D eigenvalue weighted by Crippen LogP contribution is 2.11. The first-order chi connectivity index (χ1) is 7.11. The smallest absolute Gasteiger partial charge is 0.311 e. The molecule has 0 saturated carbocycles. The molecule has 0 spiro atoms. The van der Waals surface area contributed by atoms with Gasteiger partial charge >= 0.3 is 5.97 Å². The van der Waals surface area contributed by atoms with Gasteiger partial charge in [-0.3, -0.25) is 9.79 Å². The van der Waals surface area contributed by atoms with Crippen LogP contribution in [0.3, 0.4) is 0 Å². The van der Waals surface area contributed by atoms with E-state index in [0.29, 0.717) is 6.61 Å². The Kier molecular flexibility index (Phi) is 11.8. The van der Waals surface area contributed by atoms with E-state index in [4.69, 9.17) is 0 Å². The Labute approximate surface area is 91.0 Å². The molecule has 0 fully saturated rings. The lowest BCUT2D eigenvalue weighted by Crippen LogP contribution is -2.04. The lowest BCUT2D eigenvalue weighted by Gasteiger charge is -2.02. The molecule has 88 valence electrons. The van der Waals surface area contributed by atoms with E-state index in [0.717, 1.165) is 0 Å². The maximum atomic E-state index is 12.7. The first kappa shape index (κ1) is 16.2. The molecule has 3 nitrogen and oxygen atoms in total. The van der Waals surface area contributed by atoms with E-state index in [9.17, 15) is 9.18 Å². The van der Waals surface area contributed by atoms with Gasteiger partial charge in [0.25, 0.3) is 0 Å². The van der Waals surface area contributed by atoms with Crippen molar-refractivity contribution in [1.82, 2.24) is 0 Å². The van der Waals surface area contributed by atoms with Crippen molar-refractivity contribution < 1.29 is 13.9 Å². The highest BCUT2D eigenvalue weighted by molar-refractivity contribution is 5.73. The zero-order chi connectivity index (χ0) is 12.3. The Bertz CT molecular complexity index is 231. The molecule has 0 rings (SSSR count). The normalized spacial score (nSPS) is 11.6. The molecule has 0 heterocycles. The monoisotopic (exact) mass is 217 g/mol. The largest absolute Gasteiger partial charge is 0.466 e. The summed E-state index contributed by atoms with van der Waals surface area (Å²) in [5.74, 6) is -0.911. The summed E-state index contributed by atoms with van der Waals surface area (Å²) >= 11 is 0. The second kappa shape index (κ2) is 10.9. The number of allylic oxidation sites excluding steroid dienone is 1. The summed E-state index contributed by atoms with van der Waals surface area (Å²) in [5, 5.41) is 0. The standard InChI is InChI=1S/C9H14FNO2.C2H6/c1-4-11-8(7(3)10)6-9(12)13-5-2;1-2/h4H,5-6H2,1-3H3;1-2H3/b8-7+,11-4?;. The average Bonchev–Trinajstić information content (AvgIpc) is 2.20. The fraction of sp³-hybridized carbons (Fsp3) is 0.636. The van der Waals surface area contributed by atoms with Crippen LogP contribution >= 0.6 is 0 Å². The van der Waals surface area contributed by atoms with Crippen molar-refractivity contribution in [2.75, 3.05) is 6.61 Å². The summed E-state index contributed by atoms with van der Waals surface area (Å²) in [7, 11) is 0. The predicted molar refractivity (Wildman–Crippen MR) is 60.6 cm³/mol. The van der Waals surface area contributed by atoms with Crippen LogP contribution in [0.15, 0.2) is 16.5 Å². The van der Waals surface area contributed by atoms with Gasteiger partial charge in [0.15, 0.2) is 0 Å². The molecular formula is C11H20FNO2. The van der Waals surface area contributed by atoms with Crippen LogP contribution in [0.4, 0.5) is 4.39 Å². The van der Waals surface area contributed by atoms with Gasteiger partial charge in [-0.1, -0.05) is 13.8 Å². The van der Waals surface area contributed by atoms with E-state index in [1.54, 1.807) is 13.8 Å². The minimum absolute atomic E-state index is 0.111. The van der Waals surface area contributed by atoms with Crippen LogP contribution in [0.25, 0.3) is 0 Å². The SMILES string of the molecule is CC.CC=N/C(CC(=O)OCC)=C(\C)F. The van der Waals surface area contributed by atoms with Crippen molar-refractivity contribution in [3.8, 4) is 0 Å². The molecule has 4 heteroatoms. The molecule has 0 N–H and O–H groups in total. The number of aliphatic imine (C=N–C) groups is 1. The van der Waals surface area contributed by atoms with Gasteiger partial charge in [0.05, 0.1) is 18.7 Å². The third-order valence-electron chi connectivity index (χ3n) is 1.30. The van der Waals surface area contributed by atoms with Crippen molar-refractivity contribution in [3.05, 3.63) is 11.5 Å². The van der Waals surface area contributed by atoms with Gasteiger partial charge in [-0.05, 0) is 20.8 Å². The second-order valence-corrected chi connectivity index (χ2v) is 2.35. The fourth-order valence-electron chi connectivity index (χ4n) is 0.761. The van der Waals surface area contributed by atoms with Crippen molar-refractivity contribution in [2.45, 2.75) is 41.0 Å². The first-order valence-electron chi connectivity index (χ1n) is 5.11. The van der Waals surface area contributed by atoms with E-state index in [1.165, 1.54) is 13.1 Å². The highest BCUT2D eigenvalue weighted by atomic mass is 19.1. The summed E-state index contributed by atoms with van der Waals surface area (Å²) < 4.78 is 17.4. The Morgan fingerprint density at radius 1 is 1.47 bits per heavy atom. The lowest BCUT2D eigenvalue weighted by molar-refractivity contribution is -0.142. The summed E-state index contributed by atoms with van der Waals surface area (Å²) in [6.07, 6.45) is 1.33. The summed E-state index contributed by atoms with van der Waals surface area (Å²) in [6, 6.07) is 0. The van der Waals surface area contributed by atoms with Gasteiger partial charge in [0.2, 0.25) is 0 Å². The molecule has 0 bridgehead atoms. The zero-order valence-electron chi connectivity index (χ0n) is 10.1. The number of halogens is 1. The summed E-state index contributed by atoms with van der Waals surface area (Å²) in [6.45, 7) is 8.93. The molecule has 0 atom stereocenters. The minimum atomic E-state index is -0.458. The van der Waals surface area contributed by atoms with Gasteiger partial charge in [-0.15, -0.1) is 0 Å². The topological polar surface area (TPSA) is 38.7 Å². The Balaban J connectivity index is 0. The number of esters is 1. The number of hydrogen-bond donors (Lipinski definition) is 0. The van der Waals surface area contributed by atoms with Crippen LogP contribution in [0.5, 0.6) is 0 Å².